The van der Waals surface area contributed by atoms with Crippen molar-refractivity contribution in [3.8, 4) is 5.75 Å². The van der Waals surface area contributed by atoms with Gasteiger partial charge in [-0.3, -0.25) is 4.79 Å². The van der Waals surface area contributed by atoms with E-state index in [2.05, 4.69) is 5.32 Å². The Morgan fingerprint density at radius 2 is 1.82 bits per heavy atom. The summed E-state index contributed by atoms with van der Waals surface area (Å²) in [6.07, 6.45) is 6.24. The fraction of sp³-hybridized carbons (Fsp3) is 0.708. The summed E-state index contributed by atoms with van der Waals surface area (Å²) in [5.41, 5.74) is 0. The number of amides is 1. The van der Waals surface area contributed by atoms with Crippen LogP contribution in [-0.2, 0) is 14.8 Å². The maximum absolute atomic E-state index is 14.2. The summed E-state index contributed by atoms with van der Waals surface area (Å²) in [5, 5.41) is 3.03. The Kier molecular flexibility index (Phi) is 7.79. The molecule has 1 aliphatic carbocycles. The summed E-state index contributed by atoms with van der Waals surface area (Å²) < 4.78 is 62.3. The molecule has 1 unspecified atom stereocenters. The highest BCUT2D eigenvalue weighted by Gasteiger charge is 2.46. The van der Waals surface area contributed by atoms with Crippen LogP contribution in [0, 0.1) is 11.8 Å². The van der Waals surface area contributed by atoms with E-state index < -0.39 is 40.4 Å². The molecule has 3 aliphatic rings. The van der Waals surface area contributed by atoms with E-state index in [1.54, 1.807) is 12.1 Å². The summed E-state index contributed by atoms with van der Waals surface area (Å²) in [6.45, 7) is 2.20. The fourth-order valence-corrected chi connectivity index (χ4v) is 6.63. The number of hydrogen-bond donors (Lipinski definition) is 1. The van der Waals surface area contributed by atoms with Gasteiger partial charge >= 0.3 is 0 Å². The standard InChI is InChI=1S/C24H35F2N3O4S/c1-18-11-13-28(17-24(18,25)26)23(30)22-15-27-12-14-29(22)34(31,32)21-9-7-20(8-10-21)33-16-19-5-3-2-4-6-19/h7-10,18-19,22,27H,2-6,11-17H2,1H3/t18?,22-/m0/s1. The monoisotopic (exact) mass is 499 g/mol. The number of carbonyl (C=O) groups is 1. The Bertz CT molecular complexity index is 951. The fourth-order valence-electron chi connectivity index (χ4n) is 5.04. The Morgan fingerprint density at radius 1 is 1.12 bits per heavy atom. The summed E-state index contributed by atoms with van der Waals surface area (Å²) >= 11 is 0. The van der Waals surface area contributed by atoms with Gasteiger partial charge in [0.1, 0.15) is 11.8 Å². The van der Waals surface area contributed by atoms with E-state index >= 15 is 0 Å². The third-order valence-corrected chi connectivity index (χ3v) is 9.31. The van der Waals surface area contributed by atoms with Gasteiger partial charge in [-0.2, -0.15) is 4.31 Å². The van der Waals surface area contributed by atoms with E-state index in [9.17, 15) is 22.0 Å². The minimum Gasteiger partial charge on any atom is -0.493 e. The molecule has 3 fully saturated rings. The highest BCUT2D eigenvalue weighted by atomic mass is 32.2. The Balaban J connectivity index is 1.44. The van der Waals surface area contributed by atoms with Gasteiger partial charge in [-0.25, -0.2) is 17.2 Å². The van der Waals surface area contributed by atoms with Gasteiger partial charge in [0.2, 0.25) is 15.9 Å². The van der Waals surface area contributed by atoms with Crippen LogP contribution in [0.3, 0.4) is 0 Å². The second kappa shape index (κ2) is 10.5. The third kappa shape index (κ3) is 5.54. The number of nitrogens with one attached hydrogen (secondary N) is 1. The summed E-state index contributed by atoms with van der Waals surface area (Å²) in [4.78, 5) is 14.3. The lowest BCUT2D eigenvalue weighted by atomic mass is 9.90. The van der Waals surface area contributed by atoms with Crippen molar-refractivity contribution in [3.63, 3.8) is 0 Å². The molecule has 4 rings (SSSR count). The highest BCUT2D eigenvalue weighted by molar-refractivity contribution is 7.89. The average Bonchev–Trinajstić information content (AvgIpc) is 2.85. The number of halogens is 2. The van der Waals surface area contributed by atoms with Gasteiger partial charge in [0, 0.05) is 32.1 Å². The number of carbonyl (C=O) groups excluding carboxylic acids is 1. The molecule has 1 saturated carbocycles. The minimum atomic E-state index is -3.98. The van der Waals surface area contributed by atoms with Crippen LogP contribution in [0.15, 0.2) is 29.2 Å². The molecule has 2 saturated heterocycles. The van der Waals surface area contributed by atoms with Crippen LogP contribution in [-0.4, -0.2) is 74.8 Å². The van der Waals surface area contributed by atoms with Gasteiger partial charge in [-0.15, -0.1) is 0 Å². The third-order valence-electron chi connectivity index (χ3n) is 7.39. The zero-order valence-electron chi connectivity index (χ0n) is 19.7. The largest absolute Gasteiger partial charge is 0.493 e. The Morgan fingerprint density at radius 3 is 2.50 bits per heavy atom. The zero-order valence-corrected chi connectivity index (χ0v) is 20.5. The normalized spacial score (nSPS) is 26.9. The molecule has 0 aromatic heterocycles. The van der Waals surface area contributed by atoms with E-state index in [4.69, 9.17) is 4.74 Å². The first-order chi connectivity index (χ1) is 16.2. The van der Waals surface area contributed by atoms with Crippen molar-refractivity contribution < 1.29 is 26.7 Å². The minimum absolute atomic E-state index is 0.0646. The second-order valence-electron chi connectivity index (χ2n) is 9.83. The van der Waals surface area contributed by atoms with Crippen molar-refractivity contribution in [2.45, 2.75) is 62.3 Å². The maximum atomic E-state index is 14.2. The van der Waals surface area contributed by atoms with Crippen molar-refractivity contribution in [2.75, 3.05) is 39.3 Å². The van der Waals surface area contributed by atoms with Crippen LogP contribution >= 0.6 is 0 Å². The topological polar surface area (TPSA) is 79.0 Å². The number of piperidine rings is 1. The second-order valence-corrected chi connectivity index (χ2v) is 11.7. The predicted octanol–water partition coefficient (Wildman–Crippen LogP) is 3.11. The first-order valence-electron chi connectivity index (χ1n) is 12.3. The molecule has 2 heterocycles. The molecule has 0 spiro atoms. The molecular weight excluding hydrogens is 464 g/mol. The van der Waals surface area contributed by atoms with E-state index in [0.717, 1.165) is 22.0 Å². The van der Waals surface area contributed by atoms with Crippen molar-refractivity contribution in [1.29, 1.82) is 0 Å². The first-order valence-corrected chi connectivity index (χ1v) is 13.7. The molecule has 1 aromatic carbocycles. The molecule has 34 heavy (non-hydrogen) atoms. The van der Waals surface area contributed by atoms with Crippen LogP contribution in [0.5, 0.6) is 5.75 Å². The van der Waals surface area contributed by atoms with E-state index in [0.29, 0.717) is 24.8 Å². The summed E-state index contributed by atoms with van der Waals surface area (Å²) in [7, 11) is -3.98. The van der Waals surface area contributed by atoms with Gasteiger partial charge in [-0.05, 0) is 49.4 Å². The summed E-state index contributed by atoms with van der Waals surface area (Å²) in [5.74, 6) is -3.21. The first kappa shape index (κ1) is 25.3. The SMILES string of the molecule is CC1CCN(C(=O)[C@@H]2CNCCN2S(=O)(=O)c2ccc(OCC3CCCCC3)cc2)CC1(F)F. The van der Waals surface area contributed by atoms with Crippen LogP contribution in [0.4, 0.5) is 8.78 Å². The lowest BCUT2D eigenvalue weighted by Gasteiger charge is -2.41. The van der Waals surface area contributed by atoms with E-state index in [1.165, 1.54) is 38.3 Å². The van der Waals surface area contributed by atoms with E-state index in [-0.39, 0.29) is 31.0 Å². The number of sulfonamides is 1. The zero-order chi connectivity index (χ0) is 24.3. The maximum Gasteiger partial charge on any atom is 0.267 e. The van der Waals surface area contributed by atoms with Crippen molar-refractivity contribution in [3.05, 3.63) is 24.3 Å². The van der Waals surface area contributed by atoms with Gasteiger partial charge in [-0.1, -0.05) is 26.2 Å². The molecule has 1 amide bonds. The van der Waals surface area contributed by atoms with Crippen LogP contribution in [0.1, 0.15) is 45.4 Å². The predicted molar refractivity (Wildman–Crippen MR) is 124 cm³/mol. The van der Waals surface area contributed by atoms with Crippen LogP contribution in [0.2, 0.25) is 0 Å². The number of alkyl halides is 2. The molecule has 1 aromatic rings. The van der Waals surface area contributed by atoms with Crippen LogP contribution < -0.4 is 10.1 Å². The van der Waals surface area contributed by atoms with Crippen LogP contribution in [0.25, 0.3) is 0 Å². The van der Waals surface area contributed by atoms with Gasteiger partial charge in [0.25, 0.3) is 5.92 Å². The molecule has 2 atom stereocenters. The Hall–Kier alpha value is -1.78. The summed E-state index contributed by atoms with van der Waals surface area (Å²) in [6, 6.07) is 5.21. The average molecular weight is 500 g/mol. The number of ether oxygens (including phenoxy) is 1. The lowest BCUT2D eigenvalue weighted by molar-refractivity contribution is -0.152. The molecule has 190 valence electrons. The van der Waals surface area contributed by atoms with Crippen molar-refractivity contribution >= 4 is 15.9 Å². The quantitative estimate of drug-likeness (QED) is 0.651. The number of likely N-dealkylation sites (tertiary alicyclic amines) is 1. The van der Waals surface area contributed by atoms with Gasteiger partial charge in [0.15, 0.2) is 0 Å². The van der Waals surface area contributed by atoms with Crippen molar-refractivity contribution in [1.82, 2.24) is 14.5 Å². The van der Waals surface area contributed by atoms with E-state index in [1.807, 2.05) is 0 Å². The number of hydrogen-bond acceptors (Lipinski definition) is 5. The number of nitrogens with zero attached hydrogens (tertiary/aromatic N) is 2. The smallest absolute Gasteiger partial charge is 0.267 e. The molecular formula is C24H35F2N3O4S. The molecule has 0 bridgehead atoms. The van der Waals surface area contributed by atoms with Gasteiger partial charge < -0.3 is 15.0 Å². The highest BCUT2D eigenvalue weighted by Crippen LogP contribution is 2.33. The molecule has 2 aliphatic heterocycles. The number of piperazine rings is 1. The molecule has 1 N–H and O–H groups in total. The molecule has 7 nitrogen and oxygen atoms in total. The van der Waals surface area contributed by atoms with Gasteiger partial charge in [0.05, 0.1) is 18.0 Å². The molecule has 10 heteroatoms. The lowest BCUT2D eigenvalue weighted by Crippen LogP contribution is -2.62. The number of rotatable bonds is 6. The van der Waals surface area contributed by atoms with Crippen molar-refractivity contribution in [2.24, 2.45) is 11.8 Å². The Labute approximate surface area is 200 Å². The number of benzene rings is 1. The molecule has 0 radical (unpaired) electrons.